The van der Waals surface area contributed by atoms with Crippen molar-refractivity contribution in [1.82, 2.24) is 14.2 Å². The monoisotopic (exact) mass is 353 g/mol. The molecule has 1 N–H and O–H groups in total. The molecule has 1 fully saturated rings. The van der Waals surface area contributed by atoms with E-state index in [-0.39, 0.29) is 4.90 Å². The molecule has 1 atom stereocenters. The van der Waals surface area contributed by atoms with Gasteiger partial charge in [0.2, 0.25) is 10.0 Å². The SMILES string of the molecule is O=S(=O)(c1cccnc1)N1CCN(C[C@@H](O)c2cccs2)CC1. The van der Waals surface area contributed by atoms with Gasteiger partial charge in [-0.3, -0.25) is 9.88 Å². The smallest absolute Gasteiger partial charge is 0.244 e. The summed E-state index contributed by atoms with van der Waals surface area (Å²) in [6, 6.07) is 7.02. The van der Waals surface area contributed by atoms with Crippen LogP contribution in [0, 0.1) is 0 Å². The Bertz CT molecular complexity index is 712. The third-order valence-corrected chi connectivity index (χ3v) is 6.76. The van der Waals surface area contributed by atoms with Gasteiger partial charge in [0.25, 0.3) is 0 Å². The molecule has 3 rings (SSSR count). The van der Waals surface area contributed by atoms with Gasteiger partial charge in [0, 0.05) is 50.0 Å². The van der Waals surface area contributed by atoms with E-state index in [2.05, 4.69) is 9.88 Å². The third kappa shape index (κ3) is 3.78. The van der Waals surface area contributed by atoms with E-state index in [0.29, 0.717) is 32.7 Å². The Kier molecular flexibility index (Phi) is 5.08. The average molecular weight is 353 g/mol. The zero-order valence-corrected chi connectivity index (χ0v) is 14.2. The molecule has 0 bridgehead atoms. The lowest BCUT2D eigenvalue weighted by molar-refractivity contribution is 0.0942. The normalized spacial score (nSPS) is 18.8. The predicted molar refractivity (Wildman–Crippen MR) is 88.7 cm³/mol. The number of hydrogen-bond donors (Lipinski definition) is 1. The average Bonchev–Trinajstić information content (AvgIpc) is 3.11. The number of aliphatic hydroxyl groups excluding tert-OH is 1. The van der Waals surface area contributed by atoms with Gasteiger partial charge >= 0.3 is 0 Å². The highest BCUT2D eigenvalue weighted by molar-refractivity contribution is 7.89. The van der Waals surface area contributed by atoms with E-state index < -0.39 is 16.1 Å². The minimum Gasteiger partial charge on any atom is -0.386 e. The molecular formula is C15H19N3O3S2. The molecule has 8 heteroatoms. The van der Waals surface area contributed by atoms with E-state index in [0.717, 1.165) is 4.88 Å². The molecule has 23 heavy (non-hydrogen) atoms. The molecular weight excluding hydrogens is 334 g/mol. The second kappa shape index (κ2) is 7.06. The minimum absolute atomic E-state index is 0.229. The number of β-amino-alcohol motifs (C(OH)–C–C–N with tert-alkyl or cyclic N) is 1. The summed E-state index contributed by atoms with van der Waals surface area (Å²) in [5.74, 6) is 0. The van der Waals surface area contributed by atoms with Gasteiger partial charge in [-0.15, -0.1) is 11.3 Å². The van der Waals surface area contributed by atoms with E-state index in [1.54, 1.807) is 18.3 Å². The van der Waals surface area contributed by atoms with Gasteiger partial charge in [-0.2, -0.15) is 4.31 Å². The fourth-order valence-electron chi connectivity index (χ4n) is 2.62. The number of piperazine rings is 1. The van der Waals surface area contributed by atoms with Crippen LogP contribution in [0.4, 0.5) is 0 Å². The summed E-state index contributed by atoms with van der Waals surface area (Å²) >= 11 is 1.53. The fourth-order valence-corrected chi connectivity index (χ4v) is 4.71. The molecule has 2 aromatic heterocycles. The number of aromatic nitrogens is 1. The van der Waals surface area contributed by atoms with Crippen LogP contribution in [-0.2, 0) is 10.0 Å². The molecule has 3 heterocycles. The van der Waals surface area contributed by atoms with Gasteiger partial charge < -0.3 is 5.11 Å². The first kappa shape index (κ1) is 16.5. The molecule has 2 aromatic rings. The zero-order valence-electron chi connectivity index (χ0n) is 12.6. The maximum atomic E-state index is 12.5. The largest absolute Gasteiger partial charge is 0.386 e. The molecule has 0 spiro atoms. The number of pyridine rings is 1. The zero-order chi connectivity index (χ0) is 16.3. The molecule has 0 unspecified atom stereocenters. The van der Waals surface area contributed by atoms with Gasteiger partial charge in [0.05, 0.1) is 0 Å². The highest BCUT2D eigenvalue weighted by Crippen LogP contribution is 2.21. The van der Waals surface area contributed by atoms with E-state index in [4.69, 9.17) is 0 Å². The van der Waals surface area contributed by atoms with E-state index in [1.165, 1.54) is 21.8 Å². The summed E-state index contributed by atoms with van der Waals surface area (Å²) < 4.78 is 26.5. The first-order chi connectivity index (χ1) is 11.1. The molecule has 0 amide bonds. The first-order valence-electron chi connectivity index (χ1n) is 7.41. The molecule has 0 aromatic carbocycles. The van der Waals surface area contributed by atoms with Crippen molar-refractivity contribution in [2.24, 2.45) is 0 Å². The van der Waals surface area contributed by atoms with Crippen molar-refractivity contribution in [2.45, 2.75) is 11.0 Å². The molecule has 1 aliphatic heterocycles. The summed E-state index contributed by atoms with van der Waals surface area (Å²) in [6.07, 6.45) is 2.42. The van der Waals surface area contributed by atoms with Crippen molar-refractivity contribution in [3.63, 3.8) is 0 Å². The summed E-state index contributed by atoms with van der Waals surface area (Å²) in [5.41, 5.74) is 0. The molecule has 6 nitrogen and oxygen atoms in total. The van der Waals surface area contributed by atoms with Crippen molar-refractivity contribution < 1.29 is 13.5 Å². The molecule has 0 aliphatic carbocycles. The van der Waals surface area contributed by atoms with Gasteiger partial charge in [0.15, 0.2) is 0 Å². The summed E-state index contributed by atoms with van der Waals surface area (Å²) in [6.45, 7) is 2.61. The Balaban J connectivity index is 1.58. The van der Waals surface area contributed by atoms with Crippen LogP contribution in [0.3, 0.4) is 0 Å². The molecule has 0 radical (unpaired) electrons. The molecule has 1 aliphatic rings. The van der Waals surface area contributed by atoms with Crippen LogP contribution in [0.5, 0.6) is 0 Å². The van der Waals surface area contributed by atoms with Crippen LogP contribution in [0.15, 0.2) is 46.9 Å². The highest BCUT2D eigenvalue weighted by atomic mass is 32.2. The number of hydrogen-bond acceptors (Lipinski definition) is 6. The Morgan fingerprint density at radius 2 is 2.00 bits per heavy atom. The summed E-state index contributed by atoms with van der Waals surface area (Å²) in [4.78, 5) is 7.15. The highest BCUT2D eigenvalue weighted by Gasteiger charge is 2.29. The Morgan fingerprint density at radius 3 is 2.61 bits per heavy atom. The molecule has 0 saturated carbocycles. The topological polar surface area (TPSA) is 73.7 Å². The van der Waals surface area contributed by atoms with E-state index >= 15 is 0 Å². The van der Waals surface area contributed by atoms with Gasteiger partial charge in [-0.1, -0.05) is 6.07 Å². The van der Waals surface area contributed by atoms with Gasteiger partial charge in [-0.05, 0) is 23.6 Å². The van der Waals surface area contributed by atoms with Gasteiger partial charge in [0.1, 0.15) is 11.0 Å². The number of sulfonamides is 1. The second-order valence-electron chi connectivity index (χ2n) is 5.42. The lowest BCUT2D eigenvalue weighted by Crippen LogP contribution is -2.49. The quantitative estimate of drug-likeness (QED) is 0.874. The standard InChI is InChI=1S/C15H19N3O3S2/c19-14(15-4-2-10-22-15)12-17-6-8-18(9-7-17)23(20,21)13-3-1-5-16-11-13/h1-5,10-11,14,19H,6-9,12H2/t14-/m1/s1. The van der Waals surface area contributed by atoms with Crippen LogP contribution in [0.2, 0.25) is 0 Å². The molecule has 124 valence electrons. The van der Waals surface area contributed by atoms with Crippen molar-refractivity contribution in [1.29, 1.82) is 0 Å². The van der Waals surface area contributed by atoms with Crippen LogP contribution in [0.25, 0.3) is 0 Å². The maximum absolute atomic E-state index is 12.5. The Morgan fingerprint density at radius 1 is 1.22 bits per heavy atom. The molecule has 1 saturated heterocycles. The lowest BCUT2D eigenvalue weighted by Gasteiger charge is -2.34. The Labute approximate surface area is 140 Å². The number of nitrogens with zero attached hydrogens (tertiary/aromatic N) is 3. The van der Waals surface area contributed by atoms with Crippen molar-refractivity contribution >= 4 is 21.4 Å². The first-order valence-corrected chi connectivity index (χ1v) is 9.73. The van der Waals surface area contributed by atoms with E-state index in [9.17, 15) is 13.5 Å². The predicted octanol–water partition coefficient (Wildman–Crippen LogP) is 1.18. The minimum atomic E-state index is -3.47. The van der Waals surface area contributed by atoms with E-state index in [1.807, 2.05) is 17.5 Å². The third-order valence-electron chi connectivity index (χ3n) is 3.91. The van der Waals surface area contributed by atoms with Crippen molar-refractivity contribution in [2.75, 3.05) is 32.7 Å². The summed E-state index contributed by atoms with van der Waals surface area (Å²) in [7, 11) is -3.47. The maximum Gasteiger partial charge on any atom is 0.244 e. The van der Waals surface area contributed by atoms with Crippen LogP contribution >= 0.6 is 11.3 Å². The lowest BCUT2D eigenvalue weighted by atomic mass is 10.2. The van der Waals surface area contributed by atoms with Crippen LogP contribution in [-0.4, -0.2) is 60.4 Å². The van der Waals surface area contributed by atoms with Crippen LogP contribution < -0.4 is 0 Å². The number of rotatable bonds is 5. The fraction of sp³-hybridized carbons (Fsp3) is 0.400. The van der Waals surface area contributed by atoms with Crippen LogP contribution in [0.1, 0.15) is 11.0 Å². The number of aliphatic hydroxyl groups is 1. The second-order valence-corrected chi connectivity index (χ2v) is 8.34. The Hall–Kier alpha value is -1.32. The van der Waals surface area contributed by atoms with Crippen molar-refractivity contribution in [3.8, 4) is 0 Å². The summed E-state index contributed by atoms with van der Waals surface area (Å²) in [5, 5.41) is 12.1. The van der Waals surface area contributed by atoms with Crippen molar-refractivity contribution in [3.05, 3.63) is 46.9 Å². The number of thiophene rings is 1. The van der Waals surface area contributed by atoms with Gasteiger partial charge in [-0.25, -0.2) is 8.42 Å².